The largest absolute Gasteiger partial charge is 0.503 e. The third kappa shape index (κ3) is 3.63. The minimum absolute atomic E-state index is 0.0281. The minimum Gasteiger partial charge on any atom is -0.503 e. The van der Waals surface area contributed by atoms with E-state index in [1.165, 1.54) is 4.90 Å². The zero-order valence-electron chi connectivity index (χ0n) is 17.3. The molecule has 33 heavy (non-hydrogen) atoms. The Morgan fingerprint density at radius 3 is 2.61 bits per heavy atom. The number of carbonyl (C=O) groups is 2. The van der Waals surface area contributed by atoms with E-state index in [9.17, 15) is 14.7 Å². The molecule has 0 saturated carbocycles. The zero-order valence-corrected chi connectivity index (χ0v) is 19.6. The molecule has 0 spiro atoms. The van der Waals surface area contributed by atoms with Crippen LogP contribution in [0.2, 0.25) is 5.02 Å². The van der Waals surface area contributed by atoms with E-state index < -0.39 is 23.5 Å². The van der Waals surface area contributed by atoms with Crippen molar-refractivity contribution in [1.82, 2.24) is 4.98 Å². The van der Waals surface area contributed by atoms with Gasteiger partial charge in [-0.05, 0) is 66.6 Å². The van der Waals surface area contributed by atoms with Crippen LogP contribution in [0.25, 0.3) is 11.0 Å². The van der Waals surface area contributed by atoms with E-state index in [1.54, 1.807) is 60.9 Å². The highest BCUT2D eigenvalue weighted by Crippen LogP contribution is 2.43. The highest BCUT2D eigenvalue weighted by atomic mass is 79.9. The lowest BCUT2D eigenvalue weighted by Gasteiger charge is -2.27. The predicted octanol–water partition coefficient (Wildman–Crippen LogP) is 6.34. The van der Waals surface area contributed by atoms with Crippen molar-refractivity contribution < 1.29 is 19.1 Å². The number of aromatic nitrogens is 1. The van der Waals surface area contributed by atoms with Crippen LogP contribution in [0.5, 0.6) is 0 Å². The van der Waals surface area contributed by atoms with Crippen LogP contribution >= 0.6 is 27.5 Å². The van der Waals surface area contributed by atoms with Gasteiger partial charge in [0.1, 0.15) is 5.58 Å². The molecule has 8 heteroatoms. The van der Waals surface area contributed by atoms with Gasteiger partial charge in [-0.2, -0.15) is 0 Å². The van der Waals surface area contributed by atoms with Crippen LogP contribution in [-0.2, 0) is 4.79 Å². The van der Waals surface area contributed by atoms with Crippen LogP contribution in [0.15, 0.2) is 87.2 Å². The number of ketones is 1. The number of fused-ring (bicyclic) bond motifs is 1. The highest BCUT2D eigenvalue weighted by Gasteiger charge is 2.45. The van der Waals surface area contributed by atoms with E-state index in [0.29, 0.717) is 21.9 Å². The van der Waals surface area contributed by atoms with Gasteiger partial charge in [-0.1, -0.05) is 33.6 Å². The first-order valence-electron chi connectivity index (χ1n) is 10.0. The Morgan fingerprint density at radius 1 is 1.12 bits per heavy atom. The fourth-order valence-corrected chi connectivity index (χ4v) is 4.51. The van der Waals surface area contributed by atoms with Crippen molar-refractivity contribution >= 4 is 55.9 Å². The van der Waals surface area contributed by atoms with Gasteiger partial charge in [0.25, 0.3) is 5.91 Å². The SMILES string of the molecule is Cc1ccc(N2C(=O)C(O)=C(C(=O)c3cc4cc(Br)ccc4o3)C2c2ccncc2)cc1Cl. The molecule has 1 atom stereocenters. The normalized spacial score (nSPS) is 16.2. The average Bonchev–Trinajstić information content (AvgIpc) is 3.34. The number of aliphatic hydroxyl groups excluding tert-OH is 1. The van der Waals surface area contributed by atoms with Crippen molar-refractivity contribution in [2.75, 3.05) is 4.90 Å². The maximum absolute atomic E-state index is 13.6. The number of halogens is 2. The Hall–Kier alpha value is -3.42. The number of hydrogen-bond acceptors (Lipinski definition) is 5. The number of hydrogen-bond donors (Lipinski definition) is 1. The molecule has 1 aliphatic heterocycles. The van der Waals surface area contributed by atoms with Gasteiger partial charge < -0.3 is 9.52 Å². The molecular formula is C25H16BrClN2O4. The molecule has 1 amide bonds. The smallest absolute Gasteiger partial charge is 0.294 e. The molecule has 0 bridgehead atoms. The van der Waals surface area contributed by atoms with E-state index >= 15 is 0 Å². The third-order valence-corrected chi connectivity index (χ3v) is 6.51. The lowest BCUT2D eigenvalue weighted by molar-refractivity contribution is -0.117. The molecule has 164 valence electrons. The van der Waals surface area contributed by atoms with Crippen LogP contribution in [0.1, 0.15) is 27.7 Å². The Bertz CT molecular complexity index is 1460. The van der Waals surface area contributed by atoms with Crippen LogP contribution < -0.4 is 4.90 Å². The fourth-order valence-electron chi connectivity index (χ4n) is 3.96. The molecule has 0 radical (unpaired) electrons. The highest BCUT2D eigenvalue weighted by molar-refractivity contribution is 9.10. The van der Waals surface area contributed by atoms with Crippen molar-refractivity contribution in [2.45, 2.75) is 13.0 Å². The summed E-state index contributed by atoms with van der Waals surface area (Å²) >= 11 is 9.72. The van der Waals surface area contributed by atoms with Crippen molar-refractivity contribution in [1.29, 1.82) is 0 Å². The molecular weight excluding hydrogens is 508 g/mol. The maximum atomic E-state index is 13.6. The Labute approximate surface area is 202 Å². The summed E-state index contributed by atoms with van der Waals surface area (Å²) in [4.78, 5) is 32.2. The van der Waals surface area contributed by atoms with Crippen LogP contribution in [0, 0.1) is 6.92 Å². The summed E-state index contributed by atoms with van der Waals surface area (Å²) in [6.45, 7) is 1.85. The van der Waals surface area contributed by atoms with Crippen LogP contribution in [0.3, 0.4) is 0 Å². The molecule has 3 heterocycles. The zero-order chi connectivity index (χ0) is 23.3. The lowest BCUT2D eigenvalue weighted by Crippen LogP contribution is -2.31. The first kappa shape index (κ1) is 21.4. The molecule has 1 N–H and O–H groups in total. The molecule has 1 unspecified atom stereocenters. The number of Topliss-reactive ketones (excluding diaryl/α,β-unsaturated/α-hetero) is 1. The number of aliphatic hydroxyl groups is 1. The van der Waals surface area contributed by atoms with Gasteiger partial charge in [-0.15, -0.1) is 0 Å². The monoisotopic (exact) mass is 522 g/mol. The van der Waals surface area contributed by atoms with Gasteiger partial charge in [0, 0.05) is 33.0 Å². The predicted molar refractivity (Wildman–Crippen MR) is 129 cm³/mol. The van der Waals surface area contributed by atoms with Crippen molar-refractivity contribution in [3.63, 3.8) is 0 Å². The standard InChI is InChI=1S/C25H16BrClN2O4/c1-13-2-4-17(12-18(13)27)29-22(14-6-8-28-9-7-14)21(24(31)25(29)32)23(30)20-11-15-10-16(26)3-5-19(15)33-20/h2-12,22,31H,1H3. The lowest BCUT2D eigenvalue weighted by atomic mass is 9.95. The van der Waals surface area contributed by atoms with Crippen molar-refractivity contribution in [3.05, 3.63) is 105 Å². The summed E-state index contributed by atoms with van der Waals surface area (Å²) in [5, 5.41) is 12.1. The maximum Gasteiger partial charge on any atom is 0.294 e. The molecule has 6 nitrogen and oxygen atoms in total. The second-order valence-corrected chi connectivity index (χ2v) is 9.00. The van der Waals surface area contributed by atoms with Gasteiger partial charge in [0.05, 0.1) is 11.6 Å². The number of carbonyl (C=O) groups excluding carboxylic acids is 2. The van der Waals surface area contributed by atoms with E-state index in [4.69, 9.17) is 16.0 Å². The van der Waals surface area contributed by atoms with Gasteiger partial charge in [0.2, 0.25) is 5.78 Å². The molecule has 1 aliphatic rings. The average molecular weight is 524 g/mol. The number of amides is 1. The van der Waals surface area contributed by atoms with Crippen molar-refractivity contribution in [2.24, 2.45) is 0 Å². The molecule has 4 aromatic rings. The summed E-state index contributed by atoms with van der Waals surface area (Å²) in [5.74, 6) is -1.87. The number of furan rings is 1. The first-order valence-corrected chi connectivity index (χ1v) is 11.2. The summed E-state index contributed by atoms with van der Waals surface area (Å²) in [7, 11) is 0. The quantitative estimate of drug-likeness (QED) is 0.316. The number of aryl methyl sites for hydroxylation is 1. The molecule has 5 rings (SSSR count). The molecule has 2 aromatic heterocycles. The van der Waals surface area contributed by atoms with Gasteiger partial charge >= 0.3 is 0 Å². The second kappa shape index (κ2) is 8.17. The number of pyridine rings is 1. The van der Waals surface area contributed by atoms with Gasteiger partial charge in [0.15, 0.2) is 11.5 Å². The topological polar surface area (TPSA) is 83.6 Å². The summed E-state index contributed by atoms with van der Waals surface area (Å²) in [5.41, 5.74) is 2.37. The Morgan fingerprint density at radius 2 is 1.88 bits per heavy atom. The molecule has 2 aromatic carbocycles. The number of nitrogens with zero attached hydrogens (tertiary/aromatic N) is 2. The molecule has 0 saturated heterocycles. The van der Waals surface area contributed by atoms with E-state index in [1.807, 2.05) is 13.0 Å². The number of rotatable bonds is 4. The Balaban J connectivity index is 1.66. The fraction of sp³-hybridized carbons (Fsp3) is 0.0800. The van der Waals surface area contributed by atoms with E-state index in [-0.39, 0.29) is 11.3 Å². The molecule has 0 fully saturated rings. The minimum atomic E-state index is -0.883. The Kier molecular flexibility index (Phi) is 5.31. The van der Waals surface area contributed by atoms with Crippen molar-refractivity contribution in [3.8, 4) is 0 Å². The number of anilines is 1. The van der Waals surface area contributed by atoms with Gasteiger partial charge in [-0.3, -0.25) is 19.5 Å². The molecule has 0 aliphatic carbocycles. The van der Waals surface area contributed by atoms with Crippen LogP contribution in [0.4, 0.5) is 5.69 Å². The van der Waals surface area contributed by atoms with Gasteiger partial charge in [-0.25, -0.2) is 0 Å². The van der Waals surface area contributed by atoms with E-state index in [0.717, 1.165) is 15.4 Å². The summed E-state index contributed by atoms with van der Waals surface area (Å²) in [6.07, 6.45) is 3.13. The van der Waals surface area contributed by atoms with E-state index in [2.05, 4.69) is 20.9 Å². The van der Waals surface area contributed by atoms with Crippen LogP contribution in [-0.4, -0.2) is 21.8 Å². The third-order valence-electron chi connectivity index (χ3n) is 5.61. The number of benzene rings is 2. The second-order valence-electron chi connectivity index (χ2n) is 7.68. The summed E-state index contributed by atoms with van der Waals surface area (Å²) < 4.78 is 6.60. The first-order chi connectivity index (χ1) is 15.8. The summed E-state index contributed by atoms with van der Waals surface area (Å²) in [6, 6.07) is 14.6.